The van der Waals surface area contributed by atoms with Gasteiger partial charge in [-0.1, -0.05) is 121 Å². The first-order valence-corrected chi connectivity index (χ1v) is 15.2. The summed E-state index contributed by atoms with van der Waals surface area (Å²) in [4.78, 5) is 23.4. The summed E-state index contributed by atoms with van der Waals surface area (Å²) in [5.41, 5.74) is 9.19. The van der Waals surface area contributed by atoms with E-state index in [9.17, 15) is 0 Å². The number of H-pyrrole nitrogens is 1. The number of rotatable bonds is 5. The SMILES string of the molecule is c1ccc(-c2nc(-c3ccccc3)nc(-n3c4ccccc4c4cc(-c5ccc6[nH]c(-c7ccccc7)nc6c5)ccc43)n2)cc1. The normalized spacial score (nSPS) is 11.5. The summed E-state index contributed by atoms with van der Waals surface area (Å²) in [6, 6.07) is 51.8. The number of para-hydroxylation sites is 1. The van der Waals surface area contributed by atoms with E-state index in [1.165, 1.54) is 0 Å². The molecule has 0 saturated heterocycles. The number of hydrogen-bond acceptors (Lipinski definition) is 4. The number of nitrogens with zero attached hydrogens (tertiary/aromatic N) is 5. The van der Waals surface area contributed by atoms with Gasteiger partial charge in [-0.2, -0.15) is 9.97 Å². The van der Waals surface area contributed by atoms with Gasteiger partial charge in [-0.3, -0.25) is 4.57 Å². The van der Waals surface area contributed by atoms with E-state index in [1.54, 1.807) is 0 Å². The average molecular weight is 591 g/mol. The molecule has 3 heterocycles. The van der Waals surface area contributed by atoms with Gasteiger partial charge in [0.15, 0.2) is 11.6 Å². The first-order chi connectivity index (χ1) is 22.8. The van der Waals surface area contributed by atoms with Crippen LogP contribution < -0.4 is 0 Å². The molecule has 0 radical (unpaired) electrons. The van der Waals surface area contributed by atoms with Crippen LogP contribution in [0.2, 0.25) is 0 Å². The topological polar surface area (TPSA) is 72.3 Å². The van der Waals surface area contributed by atoms with Crippen molar-refractivity contribution in [2.24, 2.45) is 0 Å². The van der Waals surface area contributed by atoms with Crippen LogP contribution in [-0.4, -0.2) is 29.5 Å². The maximum atomic E-state index is 5.04. The number of benzene rings is 6. The molecular weight excluding hydrogens is 564 g/mol. The van der Waals surface area contributed by atoms with E-state index in [0.717, 1.165) is 66.5 Å². The Hall–Kier alpha value is -6.40. The quantitative estimate of drug-likeness (QED) is 0.217. The van der Waals surface area contributed by atoms with Crippen molar-refractivity contribution in [3.05, 3.63) is 152 Å². The molecule has 1 N–H and O–H groups in total. The molecule has 6 heteroatoms. The van der Waals surface area contributed by atoms with Crippen molar-refractivity contribution in [2.75, 3.05) is 0 Å². The van der Waals surface area contributed by atoms with Crippen LogP contribution in [0.15, 0.2) is 152 Å². The molecule has 0 unspecified atom stereocenters. The highest BCUT2D eigenvalue weighted by atomic mass is 15.2. The van der Waals surface area contributed by atoms with E-state index in [4.69, 9.17) is 19.9 Å². The van der Waals surface area contributed by atoms with Crippen molar-refractivity contribution in [1.29, 1.82) is 0 Å². The molecule has 0 spiro atoms. The van der Waals surface area contributed by atoms with E-state index >= 15 is 0 Å². The second-order valence-corrected chi connectivity index (χ2v) is 11.3. The van der Waals surface area contributed by atoms with Gasteiger partial charge in [0.25, 0.3) is 0 Å². The van der Waals surface area contributed by atoms with E-state index in [1.807, 2.05) is 78.9 Å². The standard InChI is InChI=1S/C40H26N6/c1-4-12-26(13-5-1)37-41-33-22-20-30(25-34(33)42-37)29-21-23-36-32(24-29)31-18-10-11-19-35(31)46(36)40-44-38(27-14-6-2-7-15-27)43-39(45-40)28-16-8-3-9-17-28/h1-25H,(H,41,42). The minimum absolute atomic E-state index is 0.582. The van der Waals surface area contributed by atoms with Crippen molar-refractivity contribution in [3.63, 3.8) is 0 Å². The zero-order valence-corrected chi connectivity index (χ0v) is 24.7. The molecule has 0 aliphatic carbocycles. The van der Waals surface area contributed by atoms with E-state index in [-0.39, 0.29) is 0 Å². The van der Waals surface area contributed by atoms with Gasteiger partial charge in [-0.25, -0.2) is 9.97 Å². The molecule has 216 valence electrons. The van der Waals surface area contributed by atoms with E-state index in [0.29, 0.717) is 17.6 Å². The van der Waals surface area contributed by atoms with Crippen LogP contribution in [-0.2, 0) is 0 Å². The van der Waals surface area contributed by atoms with Crippen molar-refractivity contribution in [3.8, 4) is 51.2 Å². The zero-order valence-electron chi connectivity index (χ0n) is 24.7. The van der Waals surface area contributed by atoms with Gasteiger partial charge in [-0.05, 0) is 41.5 Å². The Kier molecular flexibility index (Phi) is 6.03. The molecule has 6 nitrogen and oxygen atoms in total. The number of aromatic amines is 1. The predicted molar refractivity (Wildman–Crippen MR) is 186 cm³/mol. The van der Waals surface area contributed by atoms with E-state index in [2.05, 4.69) is 82.3 Å². The molecule has 0 aliphatic heterocycles. The number of imidazole rings is 1. The molecule has 0 atom stereocenters. The molecule has 6 aromatic carbocycles. The molecule has 0 fully saturated rings. The van der Waals surface area contributed by atoms with Crippen LogP contribution in [0.3, 0.4) is 0 Å². The number of hydrogen-bond donors (Lipinski definition) is 1. The molecule has 0 amide bonds. The fraction of sp³-hybridized carbons (Fsp3) is 0. The molecule has 0 bridgehead atoms. The predicted octanol–water partition coefficient (Wildman–Crippen LogP) is 9.51. The average Bonchev–Trinajstić information content (AvgIpc) is 3.71. The Balaban J connectivity index is 1.22. The van der Waals surface area contributed by atoms with Crippen LogP contribution in [0, 0.1) is 0 Å². The summed E-state index contributed by atoms with van der Waals surface area (Å²) in [6.45, 7) is 0. The summed E-state index contributed by atoms with van der Waals surface area (Å²) >= 11 is 0. The molecular formula is C40H26N6. The van der Waals surface area contributed by atoms with Crippen LogP contribution in [0.5, 0.6) is 0 Å². The molecule has 0 saturated carbocycles. The van der Waals surface area contributed by atoms with Gasteiger partial charge in [0, 0.05) is 27.5 Å². The molecule has 46 heavy (non-hydrogen) atoms. The van der Waals surface area contributed by atoms with Gasteiger partial charge in [0.2, 0.25) is 5.95 Å². The third-order valence-corrected chi connectivity index (χ3v) is 8.42. The number of nitrogens with one attached hydrogen (secondary N) is 1. The highest BCUT2D eigenvalue weighted by Gasteiger charge is 2.18. The molecule has 9 rings (SSSR count). The first kappa shape index (κ1) is 26.0. The fourth-order valence-corrected chi connectivity index (χ4v) is 6.18. The number of fused-ring (bicyclic) bond motifs is 4. The highest BCUT2D eigenvalue weighted by molar-refractivity contribution is 6.10. The van der Waals surface area contributed by atoms with Crippen LogP contribution in [0.4, 0.5) is 0 Å². The summed E-state index contributed by atoms with van der Waals surface area (Å²) in [6.07, 6.45) is 0. The highest BCUT2D eigenvalue weighted by Crippen LogP contribution is 2.35. The number of aromatic nitrogens is 6. The maximum Gasteiger partial charge on any atom is 0.238 e. The second-order valence-electron chi connectivity index (χ2n) is 11.3. The largest absolute Gasteiger partial charge is 0.338 e. The Morgan fingerprint density at radius 2 is 0.978 bits per heavy atom. The summed E-state index contributed by atoms with van der Waals surface area (Å²) in [5, 5.41) is 2.26. The molecule has 0 aliphatic rings. The lowest BCUT2D eigenvalue weighted by Crippen LogP contribution is -2.06. The van der Waals surface area contributed by atoms with Gasteiger partial charge in [0.1, 0.15) is 5.82 Å². The summed E-state index contributed by atoms with van der Waals surface area (Å²) in [5.74, 6) is 2.72. The Morgan fingerprint density at radius 1 is 0.413 bits per heavy atom. The minimum atomic E-state index is 0.582. The van der Waals surface area contributed by atoms with Crippen molar-refractivity contribution < 1.29 is 0 Å². The van der Waals surface area contributed by atoms with Crippen molar-refractivity contribution in [2.45, 2.75) is 0 Å². The van der Waals surface area contributed by atoms with Crippen molar-refractivity contribution in [1.82, 2.24) is 29.5 Å². The minimum Gasteiger partial charge on any atom is -0.338 e. The third-order valence-electron chi connectivity index (χ3n) is 8.42. The smallest absolute Gasteiger partial charge is 0.238 e. The van der Waals surface area contributed by atoms with Crippen LogP contribution in [0.25, 0.3) is 84.1 Å². The fourth-order valence-electron chi connectivity index (χ4n) is 6.18. The third kappa shape index (κ3) is 4.43. The Bertz CT molecular complexity index is 2460. The van der Waals surface area contributed by atoms with Crippen molar-refractivity contribution >= 4 is 32.8 Å². The molecule has 9 aromatic rings. The Labute approximate surface area is 264 Å². The van der Waals surface area contributed by atoms with Crippen LogP contribution in [0.1, 0.15) is 0 Å². The van der Waals surface area contributed by atoms with Gasteiger partial charge in [0.05, 0.1) is 22.1 Å². The first-order valence-electron chi connectivity index (χ1n) is 15.2. The second kappa shape index (κ2) is 10.6. The van der Waals surface area contributed by atoms with E-state index < -0.39 is 0 Å². The summed E-state index contributed by atoms with van der Waals surface area (Å²) < 4.78 is 2.15. The lowest BCUT2D eigenvalue weighted by Gasteiger charge is -2.11. The Morgan fingerprint density at radius 3 is 1.67 bits per heavy atom. The van der Waals surface area contributed by atoms with Gasteiger partial charge in [-0.15, -0.1) is 0 Å². The lowest BCUT2D eigenvalue weighted by atomic mass is 10.0. The summed E-state index contributed by atoms with van der Waals surface area (Å²) in [7, 11) is 0. The lowest BCUT2D eigenvalue weighted by molar-refractivity contribution is 0.953. The zero-order chi connectivity index (χ0) is 30.5. The molecule has 3 aromatic heterocycles. The van der Waals surface area contributed by atoms with Gasteiger partial charge >= 0.3 is 0 Å². The monoisotopic (exact) mass is 590 g/mol. The van der Waals surface area contributed by atoms with Gasteiger partial charge < -0.3 is 4.98 Å². The maximum absolute atomic E-state index is 5.04. The van der Waals surface area contributed by atoms with Crippen LogP contribution >= 0.6 is 0 Å².